The van der Waals surface area contributed by atoms with E-state index in [1.54, 1.807) is 0 Å². The van der Waals surface area contributed by atoms with Crippen molar-refractivity contribution in [3.63, 3.8) is 0 Å². The topological polar surface area (TPSA) is 123 Å². The molecular weight excluding hydrogens is 376 g/mol. The van der Waals surface area contributed by atoms with Crippen molar-refractivity contribution in [2.24, 2.45) is 5.14 Å². The number of nitrogens with two attached hydrogens (primary N) is 1. The highest BCUT2D eigenvalue weighted by molar-refractivity contribution is 7.92. The minimum Gasteiger partial charge on any atom is -0.295 e. The minimum atomic E-state index is -4.02. The largest absolute Gasteiger partial charge is 0.295 e. The third-order valence-electron chi connectivity index (χ3n) is 3.08. The number of anilines is 1. The van der Waals surface area contributed by atoms with Gasteiger partial charge in [-0.1, -0.05) is 11.6 Å². The fourth-order valence-corrected chi connectivity index (χ4v) is 3.64. The highest BCUT2D eigenvalue weighted by Gasteiger charge is 2.18. The Morgan fingerprint density at radius 1 is 1.00 bits per heavy atom. The Morgan fingerprint density at radius 2 is 1.54 bits per heavy atom. The first-order valence-corrected chi connectivity index (χ1v) is 9.87. The molecule has 0 aliphatic carbocycles. The summed E-state index contributed by atoms with van der Waals surface area (Å²) in [6.45, 7) is 1.34. The summed E-state index contributed by atoms with van der Waals surface area (Å²) in [4.78, 5) is 11.0. The number of halogens is 1. The van der Waals surface area contributed by atoms with Gasteiger partial charge in [-0.15, -0.1) is 0 Å². The highest BCUT2D eigenvalue weighted by Crippen LogP contribution is 2.26. The van der Waals surface area contributed by atoms with Crippen LogP contribution in [0.1, 0.15) is 17.3 Å². The second kappa shape index (κ2) is 6.52. The molecule has 0 spiro atoms. The number of rotatable bonds is 5. The maximum atomic E-state index is 12.4. The van der Waals surface area contributed by atoms with Gasteiger partial charge in [0.15, 0.2) is 5.78 Å². The lowest BCUT2D eigenvalue weighted by atomic mass is 10.1. The fraction of sp³-hybridized carbons (Fsp3) is 0.0714. The number of sulfonamides is 2. The molecule has 2 aromatic rings. The molecule has 24 heavy (non-hydrogen) atoms. The standard InChI is InChI=1S/C14H13ClN2O5S2/c1-9(18)10-2-7-13(15)14(8-10)17-24(21,22)12-5-3-11(4-6-12)23(16,19)20/h2-8,17H,1H3,(H2,16,19,20). The molecule has 0 heterocycles. The Labute approximate surface area is 144 Å². The zero-order chi connectivity index (χ0) is 18.1. The minimum absolute atomic E-state index is 0.0416. The lowest BCUT2D eigenvalue weighted by Gasteiger charge is -2.11. The third-order valence-corrected chi connectivity index (χ3v) is 5.72. The van der Waals surface area contributed by atoms with Crippen LogP contribution >= 0.6 is 11.6 Å². The summed E-state index contributed by atoms with van der Waals surface area (Å²) in [5.74, 6) is -0.246. The number of primary sulfonamides is 1. The summed E-state index contributed by atoms with van der Waals surface area (Å²) in [5, 5.41) is 5.08. The predicted molar refractivity (Wildman–Crippen MR) is 90.1 cm³/mol. The van der Waals surface area contributed by atoms with Crippen LogP contribution in [0, 0.1) is 0 Å². The number of carbonyl (C=O) groups excluding carboxylic acids is 1. The van der Waals surface area contributed by atoms with Gasteiger partial charge < -0.3 is 0 Å². The molecule has 128 valence electrons. The van der Waals surface area contributed by atoms with E-state index in [0.717, 1.165) is 24.3 Å². The van der Waals surface area contributed by atoms with Crippen LogP contribution in [0.25, 0.3) is 0 Å². The van der Waals surface area contributed by atoms with Gasteiger partial charge in [0, 0.05) is 5.56 Å². The van der Waals surface area contributed by atoms with Gasteiger partial charge in [0.05, 0.1) is 20.5 Å². The van der Waals surface area contributed by atoms with E-state index < -0.39 is 20.0 Å². The van der Waals surface area contributed by atoms with Gasteiger partial charge in [-0.25, -0.2) is 22.0 Å². The van der Waals surface area contributed by atoms with Crippen LogP contribution in [0.4, 0.5) is 5.69 Å². The van der Waals surface area contributed by atoms with Crippen LogP contribution in [-0.2, 0) is 20.0 Å². The van der Waals surface area contributed by atoms with E-state index in [2.05, 4.69) is 4.72 Å². The number of carbonyl (C=O) groups is 1. The van der Waals surface area contributed by atoms with Crippen molar-refractivity contribution in [1.29, 1.82) is 0 Å². The van der Waals surface area contributed by atoms with Gasteiger partial charge >= 0.3 is 0 Å². The van der Waals surface area contributed by atoms with Gasteiger partial charge in [-0.3, -0.25) is 9.52 Å². The molecule has 0 aliphatic rings. The molecule has 0 aliphatic heterocycles. The van der Waals surface area contributed by atoms with Crippen molar-refractivity contribution < 1.29 is 21.6 Å². The maximum absolute atomic E-state index is 12.4. The zero-order valence-electron chi connectivity index (χ0n) is 12.4. The summed E-state index contributed by atoms with van der Waals surface area (Å²) >= 11 is 5.95. The van der Waals surface area contributed by atoms with Crippen LogP contribution in [0.2, 0.25) is 5.02 Å². The van der Waals surface area contributed by atoms with Crippen LogP contribution in [-0.4, -0.2) is 22.6 Å². The van der Waals surface area contributed by atoms with Gasteiger partial charge in [0.2, 0.25) is 10.0 Å². The lowest BCUT2D eigenvalue weighted by molar-refractivity contribution is 0.101. The number of benzene rings is 2. The van der Waals surface area contributed by atoms with E-state index >= 15 is 0 Å². The van der Waals surface area contributed by atoms with E-state index in [1.807, 2.05) is 0 Å². The number of hydrogen-bond donors (Lipinski definition) is 2. The van der Waals surface area contributed by atoms with E-state index in [-0.39, 0.29) is 26.3 Å². The number of ketones is 1. The molecule has 3 N–H and O–H groups in total. The summed E-state index contributed by atoms with van der Waals surface area (Å²) in [6, 6.07) is 8.56. The summed E-state index contributed by atoms with van der Waals surface area (Å²) in [7, 11) is -7.94. The summed E-state index contributed by atoms with van der Waals surface area (Å²) in [5.41, 5.74) is 0.335. The molecule has 0 radical (unpaired) electrons. The van der Waals surface area contributed by atoms with Crippen molar-refractivity contribution in [1.82, 2.24) is 0 Å². The van der Waals surface area contributed by atoms with Gasteiger partial charge in [-0.2, -0.15) is 0 Å². The first kappa shape index (κ1) is 18.4. The molecular formula is C14H13ClN2O5S2. The molecule has 0 atom stereocenters. The monoisotopic (exact) mass is 388 g/mol. The van der Waals surface area contributed by atoms with Crippen molar-refractivity contribution in [2.75, 3.05) is 4.72 Å². The number of nitrogens with one attached hydrogen (secondary N) is 1. The predicted octanol–water partition coefficient (Wildman–Crippen LogP) is 1.99. The molecule has 0 fully saturated rings. The second-order valence-electron chi connectivity index (χ2n) is 4.87. The molecule has 0 saturated heterocycles. The fourth-order valence-electron chi connectivity index (χ4n) is 1.83. The summed E-state index contributed by atoms with van der Waals surface area (Å²) in [6.07, 6.45) is 0. The first-order valence-electron chi connectivity index (χ1n) is 6.47. The smallest absolute Gasteiger partial charge is 0.261 e. The van der Waals surface area contributed by atoms with Crippen molar-refractivity contribution in [3.8, 4) is 0 Å². The Hall–Kier alpha value is -1.94. The Bertz CT molecular complexity index is 1000. The normalized spacial score (nSPS) is 12.0. The van der Waals surface area contributed by atoms with Gasteiger partial charge in [-0.05, 0) is 49.4 Å². The Balaban J connectivity index is 2.39. The zero-order valence-corrected chi connectivity index (χ0v) is 14.7. The summed E-state index contributed by atoms with van der Waals surface area (Å²) < 4.78 is 49.4. The van der Waals surface area contributed by atoms with Crippen LogP contribution in [0.3, 0.4) is 0 Å². The number of Topliss-reactive ketones (excluding diaryl/α,β-unsaturated/α-hetero) is 1. The van der Waals surface area contributed by atoms with E-state index in [4.69, 9.17) is 16.7 Å². The van der Waals surface area contributed by atoms with Crippen LogP contribution in [0.15, 0.2) is 52.3 Å². The van der Waals surface area contributed by atoms with E-state index in [0.29, 0.717) is 5.56 Å². The van der Waals surface area contributed by atoms with Gasteiger partial charge in [0.25, 0.3) is 10.0 Å². The lowest BCUT2D eigenvalue weighted by Crippen LogP contribution is -2.15. The van der Waals surface area contributed by atoms with Crippen LogP contribution < -0.4 is 9.86 Å². The molecule has 10 heteroatoms. The molecule has 7 nitrogen and oxygen atoms in total. The average Bonchev–Trinajstić information content (AvgIpc) is 2.48. The quantitative estimate of drug-likeness (QED) is 0.758. The number of hydrogen-bond acceptors (Lipinski definition) is 5. The molecule has 2 aromatic carbocycles. The molecule has 0 aromatic heterocycles. The average molecular weight is 389 g/mol. The molecule has 0 saturated carbocycles. The second-order valence-corrected chi connectivity index (χ2v) is 8.52. The van der Waals surface area contributed by atoms with E-state index in [9.17, 15) is 21.6 Å². The van der Waals surface area contributed by atoms with Crippen molar-refractivity contribution >= 4 is 43.1 Å². The molecule has 0 amide bonds. The molecule has 0 unspecified atom stereocenters. The Morgan fingerprint density at radius 3 is 2.04 bits per heavy atom. The maximum Gasteiger partial charge on any atom is 0.261 e. The molecule has 2 rings (SSSR count). The SMILES string of the molecule is CC(=O)c1ccc(Cl)c(NS(=O)(=O)c2ccc(S(N)(=O)=O)cc2)c1. The molecule has 0 bridgehead atoms. The highest BCUT2D eigenvalue weighted by atomic mass is 35.5. The Kier molecular flexibility index (Phi) is 5.00. The van der Waals surface area contributed by atoms with Gasteiger partial charge in [0.1, 0.15) is 0 Å². The van der Waals surface area contributed by atoms with Crippen molar-refractivity contribution in [2.45, 2.75) is 16.7 Å². The van der Waals surface area contributed by atoms with E-state index in [1.165, 1.54) is 25.1 Å². The first-order chi connectivity index (χ1) is 11.0. The van der Waals surface area contributed by atoms with Crippen molar-refractivity contribution in [3.05, 3.63) is 53.1 Å². The third kappa shape index (κ3) is 4.12. The van der Waals surface area contributed by atoms with Crippen LogP contribution in [0.5, 0.6) is 0 Å².